The molecular weight excluding hydrogens is 218 g/mol. The first kappa shape index (κ1) is 13.4. The molecule has 5 heteroatoms. The zero-order valence-corrected chi connectivity index (χ0v) is 10.3. The Kier molecular flexibility index (Phi) is 5.42. The Morgan fingerprint density at radius 1 is 1.65 bits per heavy atom. The summed E-state index contributed by atoms with van der Waals surface area (Å²) in [6, 6.07) is 3.52. The number of pyridine rings is 1. The third kappa shape index (κ3) is 4.03. The monoisotopic (exact) mass is 237 g/mol. The number of ether oxygens (including phenoxy) is 1. The van der Waals surface area contributed by atoms with E-state index in [-0.39, 0.29) is 11.8 Å². The lowest BCUT2D eigenvalue weighted by Gasteiger charge is -2.13. The van der Waals surface area contributed by atoms with E-state index in [9.17, 15) is 4.79 Å². The first-order valence-electron chi connectivity index (χ1n) is 5.69. The zero-order chi connectivity index (χ0) is 12.7. The second kappa shape index (κ2) is 6.85. The fraction of sp³-hybridized carbons (Fsp3) is 0.500. The quantitative estimate of drug-likeness (QED) is 0.784. The fourth-order valence-corrected chi connectivity index (χ4v) is 1.46. The summed E-state index contributed by atoms with van der Waals surface area (Å²) in [6.45, 7) is 2.49. The van der Waals surface area contributed by atoms with Crippen LogP contribution in [0.4, 0.5) is 5.69 Å². The van der Waals surface area contributed by atoms with Crippen LogP contribution in [0.2, 0.25) is 0 Å². The van der Waals surface area contributed by atoms with Gasteiger partial charge in [-0.1, -0.05) is 6.92 Å². The van der Waals surface area contributed by atoms with Crippen molar-refractivity contribution >= 4 is 11.6 Å². The number of carbonyl (C=O) groups excluding carboxylic acids is 1. The molecule has 0 saturated carbocycles. The Bertz CT molecular complexity index is 369. The molecule has 3 N–H and O–H groups in total. The minimum Gasteiger partial charge on any atom is -0.480 e. The third-order valence-corrected chi connectivity index (χ3v) is 2.51. The van der Waals surface area contributed by atoms with Gasteiger partial charge in [0.05, 0.1) is 7.11 Å². The van der Waals surface area contributed by atoms with Crippen LogP contribution in [0.1, 0.15) is 19.8 Å². The number of anilines is 1. The molecule has 5 nitrogen and oxygen atoms in total. The summed E-state index contributed by atoms with van der Waals surface area (Å²) in [6.07, 6.45) is 3.25. The molecule has 17 heavy (non-hydrogen) atoms. The van der Waals surface area contributed by atoms with Crippen LogP contribution in [0.3, 0.4) is 0 Å². The summed E-state index contributed by atoms with van der Waals surface area (Å²) in [5.74, 6) is 0.320. The van der Waals surface area contributed by atoms with Crippen LogP contribution in [0.15, 0.2) is 18.3 Å². The second-order valence-electron chi connectivity index (χ2n) is 3.88. The molecule has 1 unspecified atom stereocenters. The standard InChI is InChI=1S/C12H19N3O2/c1-9(5-3-7-13)11(16)15-10-6-4-8-14-12(10)17-2/h4,6,8-9H,3,5,7,13H2,1-2H3,(H,15,16). The molecule has 0 aliphatic rings. The molecule has 1 aromatic rings. The van der Waals surface area contributed by atoms with Gasteiger partial charge >= 0.3 is 0 Å². The smallest absolute Gasteiger partial charge is 0.237 e. The van der Waals surface area contributed by atoms with Crippen molar-refractivity contribution in [2.24, 2.45) is 11.7 Å². The number of nitrogens with one attached hydrogen (secondary N) is 1. The minimum atomic E-state index is -0.0662. The van der Waals surface area contributed by atoms with Crippen LogP contribution < -0.4 is 15.8 Å². The van der Waals surface area contributed by atoms with Crippen LogP contribution in [0.25, 0.3) is 0 Å². The number of rotatable bonds is 6. The summed E-state index contributed by atoms with van der Waals surface area (Å²) in [5.41, 5.74) is 6.01. The van der Waals surface area contributed by atoms with Gasteiger partial charge in [-0.15, -0.1) is 0 Å². The molecule has 1 aromatic heterocycles. The van der Waals surface area contributed by atoms with E-state index >= 15 is 0 Å². The lowest BCUT2D eigenvalue weighted by molar-refractivity contribution is -0.119. The maximum absolute atomic E-state index is 11.9. The molecule has 1 rings (SSSR count). The highest BCUT2D eigenvalue weighted by atomic mass is 16.5. The largest absolute Gasteiger partial charge is 0.480 e. The molecule has 0 spiro atoms. The Morgan fingerprint density at radius 3 is 3.06 bits per heavy atom. The predicted octanol–water partition coefficient (Wildman–Crippen LogP) is 1.40. The molecule has 0 fully saturated rings. The zero-order valence-electron chi connectivity index (χ0n) is 10.3. The molecule has 0 bridgehead atoms. The van der Waals surface area contributed by atoms with Crippen LogP contribution in [0.5, 0.6) is 5.88 Å². The van der Waals surface area contributed by atoms with Crippen LogP contribution in [0, 0.1) is 5.92 Å². The van der Waals surface area contributed by atoms with Crippen molar-refractivity contribution in [3.05, 3.63) is 18.3 Å². The average Bonchev–Trinajstić information content (AvgIpc) is 2.36. The van der Waals surface area contributed by atoms with Crippen LogP contribution >= 0.6 is 0 Å². The molecule has 0 radical (unpaired) electrons. The highest BCUT2D eigenvalue weighted by Crippen LogP contribution is 2.21. The number of amides is 1. The molecule has 1 atom stereocenters. The minimum absolute atomic E-state index is 0.0373. The number of nitrogens with zero attached hydrogens (tertiary/aromatic N) is 1. The van der Waals surface area contributed by atoms with E-state index in [2.05, 4.69) is 10.3 Å². The summed E-state index contributed by atoms with van der Waals surface area (Å²) in [4.78, 5) is 15.9. The van der Waals surface area contributed by atoms with Crippen LogP contribution in [-0.2, 0) is 4.79 Å². The van der Waals surface area contributed by atoms with E-state index in [1.807, 2.05) is 6.92 Å². The lowest BCUT2D eigenvalue weighted by Crippen LogP contribution is -2.21. The van der Waals surface area contributed by atoms with Gasteiger partial charge in [0.15, 0.2) is 0 Å². The topological polar surface area (TPSA) is 77.2 Å². The molecule has 0 aliphatic heterocycles. The van der Waals surface area contributed by atoms with Crippen molar-refractivity contribution < 1.29 is 9.53 Å². The molecule has 1 heterocycles. The first-order chi connectivity index (χ1) is 8.19. The van der Waals surface area contributed by atoms with Crippen LogP contribution in [-0.4, -0.2) is 24.5 Å². The van der Waals surface area contributed by atoms with Gasteiger partial charge in [0.1, 0.15) is 5.69 Å². The SMILES string of the molecule is COc1ncccc1NC(=O)C(C)CCCN. The van der Waals surface area contributed by atoms with Gasteiger partial charge in [0, 0.05) is 12.1 Å². The van der Waals surface area contributed by atoms with Gasteiger partial charge in [-0.2, -0.15) is 0 Å². The Balaban J connectivity index is 2.61. The van der Waals surface area contributed by atoms with Gasteiger partial charge in [-0.3, -0.25) is 4.79 Å². The Labute approximate surface area is 101 Å². The number of hydrogen-bond acceptors (Lipinski definition) is 4. The van der Waals surface area contributed by atoms with Gasteiger partial charge < -0.3 is 15.8 Å². The summed E-state index contributed by atoms with van der Waals surface area (Å²) >= 11 is 0. The lowest BCUT2D eigenvalue weighted by atomic mass is 10.0. The van der Waals surface area contributed by atoms with Crippen molar-refractivity contribution in [1.82, 2.24) is 4.98 Å². The summed E-state index contributed by atoms with van der Waals surface area (Å²) in [7, 11) is 1.52. The van der Waals surface area contributed by atoms with Gasteiger partial charge in [-0.25, -0.2) is 4.98 Å². The third-order valence-electron chi connectivity index (χ3n) is 2.51. The van der Waals surface area contributed by atoms with E-state index in [1.54, 1.807) is 18.3 Å². The average molecular weight is 237 g/mol. The molecular formula is C12H19N3O2. The van der Waals surface area contributed by atoms with Gasteiger partial charge in [-0.05, 0) is 31.5 Å². The van der Waals surface area contributed by atoms with Gasteiger partial charge in [0.2, 0.25) is 11.8 Å². The Hall–Kier alpha value is -1.62. The van der Waals surface area contributed by atoms with Crippen molar-refractivity contribution in [3.8, 4) is 5.88 Å². The molecule has 0 aromatic carbocycles. The molecule has 94 valence electrons. The van der Waals surface area contributed by atoms with Crippen molar-refractivity contribution in [3.63, 3.8) is 0 Å². The highest BCUT2D eigenvalue weighted by Gasteiger charge is 2.14. The maximum atomic E-state index is 11.9. The number of carbonyl (C=O) groups is 1. The first-order valence-corrected chi connectivity index (χ1v) is 5.69. The van der Waals surface area contributed by atoms with E-state index in [1.165, 1.54) is 7.11 Å². The molecule has 0 aliphatic carbocycles. The molecule has 1 amide bonds. The van der Waals surface area contributed by atoms with Gasteiger partial charge in [0.25, 0.3) is 0 Å². The van der Waals surface area contributed by atoms with Crippen molar-refractivity contribution in [2.75, 3.05) is 19.0 Å². The maximum Gasteiger partial charge on any atom is 0.237 e. The number of methoxy groups -OCH3 is 1. The predicted molar refractivity (Wildman–Crippen MR) is 66.9 cm³/mol. The summed E-state index contributed by atoms with van der Waals surface area (Å²) in [5, 5.41) is 2.80. The molecule has 0 saturated heterocycles. The Morgan fingerprint density at radius 2 is 2.41 bits per heavy atom. The van der Waals surface area contributed by atoms with Crippen molar-refractivity contribution in [1.29, 1.82) is 0 Å². The van der Waals surface area contributed by atoms with E-state index < -0.39 is 0 Å². The number of aromatic nitrogens is 1. The van der Waals surface area contributed by atoms with E-state index in [0.29, 0.717) is 18.1 Å². The summed E-state index contributed by atoms with van der Waals surface area (Å²) < 4.78 is 5.06. The number of nitrogens with two attached hydrogens (primary N) is 1. The number of hydrogen-bond donors (Lipinski definition) is 2. The van der Waals surface area contributed by atoms with E-state index in [0.717, 1.165) is 12.8 Å². The fourth-order valence-electron chi connectivity index (χ4n) is 1.46. The van der Waals surface area contributed by atoms with E-state index in [4.69, 9.17) is 10.5 Å². The normalized spacial score (nSPS) is 11.9. The second-order valence-corrected chi connectivity index (χ2v) is 3.88. The highest BCUT2D eigenvalue weighted by molar-refractivity contribution is 5.93. The van der Waals surface area contributed by atoms with Crippen molar-refractivity contribution in [2.45, 2.75) is 19.8 Å².